The Morgan fingerprint density at radius 2 is 2.00 bits per heavy atom. The van der Waals surface area contributed by atoms with Gasteiger partial charge in [-0.3, -0.25) is 0 Å². The summed E-state index contributed by atoms with van der Waals surface area (Å²) in [6, 6.07) is 0. The second-order valence-electron chi connectivity index (χ2n) is 2.18. The zero-order chi connectivity index (χ0) is 7.49. The molecule has 0 aromatic rings. The Bertz CT molecular complexity index is 87.0. The summed E-state index contributed by atoms with van der Waals surface area (Å²) >= 11 is 11.9. The molecule has 4 heteroatoms. The minimum absolute atomic E-state index is 0.422. The fraction of sp³-hybridized carbons (Fsp3) is 1.00. The molecule has 0 aliphatic carbocycles. The van der Waals surface area contributed by atoms with Crippen molar-refractivity contribution >= 4 is 29.0 Å². The summed E-state index contributed by atoms with van der Waals surface area (Å²) in [6.45, 7) is 2.08. The summed E-state index contributed by atoms with van der Waals surface area (Å²) in [4.78, 5) is 2.96. The SMILES string of the molecule is CCC(C)[Si](Cl)(Cl)NC. The molecule has 56 valence electrons. The maximum Gasteiger partial charge on any atom is 0.324 e. The number of hydrogen-bond donors (Lipinski definition) is 1. The summed E-state index contributed by atoms with van der Waals surface area (Å²) in [5.41, 5.74) is 0.422. The highest BCUT2D eigenvalue weighted by Gasteiger charge is 2.32. The first-order chi connectivity index (χ1) is 4.04. The quantitative estimate of drug-likeness (QED) is 0.527. The van der Waals surface area contributed by atoms with E-state index in [-0.39, 0.29) is 0 Å². The molecule has 0 saturated carbocycles. The van der Waals surface area contributed by atoms with Crippen molar-refractivity contribution in [3.05, 3.63) is 0 Å². The zero-order valence-corrected chi connectivity index (χ0v) is 8.55. The first kappa shape index (κ1) is 9.76. The first-order valence-corrected chi connectivity index (χ1v) is 7.21. The van der Waals surface area contributed by atoms with Gasteiger partial charge in [0.2, 0.25) is 0 Å². The zero-order valence-electron chi connectivity index (χ0n) is 6.04. The smallest absolute Gasteiger partial charge is 0.316 e. The van der Waals surface area contributed by atoms with Crippen LogP contribution in [0, 0.1) is 0 Å². The Balaban J connectivity index is 3.80. The van der Waals surface area contributed by atoms with E-state index in [4.69, 9.17) is 22.2 Å². The largest absolute Gasteiger partial charge is 0.324 e. The molecule has 0 amide bonds. The van der Waals surface area contributed by atoms with Crippen LogP contribution in [0.5, 0.6) is 0 Å². The van der Waals surface area contributed by atoms with Crippen molar-refractivity contribution < 1.29 is 0 Å². The van der Waals surface area contributed by atoms with Crippen molar-refractivity contribution in [1.29, 1.82) is 0 Å². The molecule has 0 spiro atoms. The van der Waals surface area contributed by atoms with E-state index >= 15 is 0 Å². The van der Waals surface area contributed by atoms with E-state index in [1.807, 2.05) is 7.05 Å². The van der Waals surface area contributed by atoms with Crippen molar-refractivity contribution in [2.24, 2.45) is 0 Å². The molecule has 1 nitrogen and oxygen atoms in total. The van der Waals surface area contributed by atoms with Crippen LogP contribution in [-0.2, 0) is 0 Å². The number of nitrogens with one attached hydrogen (secondary N) is 1. The van der Waals surface area contributed by atoms with Crippen LogP contribution in [0.25, 0.3) is 0 Å². The maximum absolute atomic E-state index is 5.96. The molecular weight excluding hydrogens is 173 g/mol. The highest BCUT2D eigenvalue weighted by atomic mass is 35.7. The number of rotatable bonds is 3. The molecule has 0 heterocycles. The summed E-state index contributed by atoms with van der Waals surface area (Å²) < 4.78 is 0. The standard InChI is InChI=1S/C5H13Cl2NSi/c1-4-5(2)9(6,7)8-3/h5,8H,4H2,1-3H3. The summed E-state index contributed by atoms with van der Waals surface area (Å²) in [5.74, 6) is 0. The predicted molar refractivity (Wildman–Crippen MR) is 46.2 cm³/mol. The van der Waals surface area contributed by atoms with Gasteiger partial charge in [-0.2, -0.15) is 0 Å². The molecule has 0 aromatic carbocycles. The van der Waals surface area contributed by atoms with Crippen molar-refractivity contribution in [2.75, 3.05) is 7.05 Å². The van der Waals surface area contributed by atoms with E-state index in [0.717, 1.165) is 6.42 Å². The molecule has 0 aromatic heterocycles. The molecule has 1 atom stereocenters. The predicted octanol–water partition coefficient (Wildman–Crippen LogP) is 2.42. The highest BCUT2D eigenvalue weighted by Crippen LogP contribution is 2.28. The highest BCUT2D eigenvalue weighted by molar-refractivity contribution is 7.44. The van der Waals surface area contributed by atoms with E-state index in [9.17, 15) is 0 Å². The third kappa shape index (κ3) is 2.89. The second-order valence-corrected chi connectivity index (χ2v) is 9.07. The normalized spacial score (nSPS) is 15.7. The molecule has 0 aliphatic heterocycles. The Labute approximate surface area is 67.2 Å². The summed E-state index contributed by atoms with van der Waals surface area (Å²) in [6.07, 6.45) is 1.04. The van der Waals surface area contributed by atoms with Crippen molar-refractivity contribution in [3.63, 3.8) is 0 Å². The van der Waals surface area contributed by atoms with Gasteiger partial charge >= 0.3 is 6.86 Å². The van der Waals surface area contributed by atoms with Gasteiger partial charge in [0.1, 0.15) is 0 Å². The number of halogens is 2. The molecule has 0 aliphatic rings. The molecule has 1 unspecified atom stereocenters. The molecule has 0 fully saturated rings. The van der Waals surface area contributed by atoms with Crippen LogP contribution < -0.4 is 4.98 Å². The lowest BCUT2D eigenvalue weighted by atomic mass is 10.4. The lowest BCUT2D eigenvalue weighted by Gasteiger charge is -2.21. The molecule has 0 radical (unpaired) electrons. The van der Waals surface area contributed by atoms with Crippen molar-refractivity contribution in [3.8, 4) is 0 Å². The Morgan fingerprint density at radius 3 is 2.11 bits per heavy atom. The van der Waals surface area contributed by atoms with Gasteiger partial charge in [-0.05, 0) is 12.6 Å². The van der Waals surface area contributed by atoms with Gasteiger partial charge in [0, 0.05) is 0 Å². The van der Waals surface area contributed by atoms with Crippen LogP contribution in [-0.4, -0.2) is 13.9 Å². The van der Waals surface area contributed by atoms with Crippen LogP contribution in [0.2, 0.25) is 5.54 Å². The van der Waals surface area contributed by atoms with Gasteiger partial charge in [-0.15, -0.1) is 22.2 Å². The van der Waals surface area contributed by atoms with E-state index in [2.05, 4.69) is 18.8 Å². The minimum atomic E-state index is -2.09. The van der Waals surface area contributed by atoms with Crippen LogP contribution in [0.3, 0.4) is 0 Å². The molecule has 9 heavy (non-hydrogen) atoms. The van der Waals surface area contributed by atoms with E-state index in [1.165, 1.54) is 0 Å². The summed E-state index contributed by atoms with van der Waals surface area (Å²) in [5, 5.41) is 0. The topological polar surface area (TPSA) is 12.0 Å². The third-order valence-electron chi connectivity index (χ3n) is 1.56. The molecule has 0 rings (SSSR count). The van der Waals surface area contributed by atoms with Gasteiger partial charge in [-0.25, -0.2) is 0 Å². The van der Waals surface area contributed by atoms with E-state index in [0.29, 0.717) is 5.54 Å². The fourth-order valence-corrected chi connectivity index (χ4v) is 2.43. The van der Waals surface area contributed by atoms with Crippen LogP contribution in [0.4, 0.5) is 0 Å². The van der Waals surface area contributed by atoms with Gasteiger partial charge < -0.3 is 4.98 Å². The maximum atomic E-state index is 5.96. The Hall–Kier alpha value is 0.757. The Kier molecular flexibility index (Phi) is 4.13. The van der Waals surface area contributed by atoms with E-state index in [1.54, 1.807) is 0 Å². The van der Waals surface area contributed by atoms with Crippen molar-refractivity contribution in [1.82, 2.24) is 4.98 Å². The molecule has 0 bridgehead atoms. The monoisotopic (exact) mass is 185 g/mol. The van der Waals surface area contributed by atoms with Crippen LogP contribution in [0.15, 0.2) is 0 Å². The van der Waals surface area contributed by atoms with E-state index < -0.39 is 6.86 Å². The summed E-state index contributed by atoms with van der Waals surface area (Å²) in [7, 11) is 1.82. The first-order valence-electron chi connectivity index (χ1n) is 3.11. The van der Waals surface area contributed by atoms with Crippen molar-refractivity contribution in [2.45, 2.75) is 25.8 Å². The van der Waals surface area contributed by atoms with Crippen LogP contribution >= 0.6 is 22.2 Å². The average Bonchev–Trinajstić information content (AvgIpc) is 1.86. The number of hydrogen-bond acceptors (Lipinski definition) is 1. The Morgan fingerprint density at radius 1 is 1.56 bits per heavy atom. The molecule has 1 N–H and O–H groups in total. The lowest BCUT2D eigenvalue weighted by Crippen LogP contribution is -2.40. The van der Waals surface area contributed by atoms with Gasteiger partial charge in [-0.1, -0.05) is 20.3 Å². The molecule has 0 saturated heterocycles. The van der Waals surface area contributed by atoms with Gasteiger partial charge in [0.25, 0.3) is 0 Å². The second kappa shape index (κ2) is 3.81. The fourth-order valence-electron chi connectivity index (χ4n) is 0.503. The van der Waals surface area contributed by atoms with Crippen LogP contribution in [0.1, 0.15) is 20.3 Å². The molecular formula is C5H13Cl2NSi. The third-order valence-corrected chi connectivity index (χ3v) is 7.25. The minimum Gasteiger partial charge on any atom is -0.316 e. The lowest BCUT2D eigenvalue weighted by molar-refractivity contribution is 0.843. The van der Waals surface area contributed by atoms with Gasteiger partial charge in [0.05, 0.1) is 0 Å². The van der Waals surface area contributed by atoms with Gasteiger partial charge in [0.15, 0.2) is 0 Å². The average molecular weight is 186 g/mol.